The minimum Gasteiger partial charge on any atom is -0.480 e. The van der Waals surface area contributed by atoms with Crippen molar-refractivity contribution in [2.24, 2.45) is 0 Å². The van der Waals surface area contributed by atoms with Crippen molar-refractivity contribution in [2.75, 3.05) is 6.54 Å². The van der Waals surface area contributed by atoms with E-state index < -0.39 is 23.7 Å². The van der Waals surface area contributed by atoms with Gasteiger partial charge in [-0.05, 0) is 32.8 Å². The molecule has 21 heavy (non-hydrogen) atoms. The topological polar surface area (TPSA) is 66.8 Å². The summed E-state index contributed by atoms with van der Waals surface area (Å²) in [5.74, 6) is -0.959. The Hall–Kier alpha value is -2.04. The minimum atomic E-state index is -0.987. The lowest BCUT2D eigenvalue weighted by molar-refractivity contribution is -0.142. The van der Waals surface area contributed by atoms with Gasteiger partial charge in [-0.2, -0.15) is 0 Å². The Morgan fingerprint density at radius 3 is 2.38 bits per heavy atom. The van der Waals surface area contributed by atoms with Crippen LogP contribution < -0.4 is 0 Å². The van der Waals surface area contributed by atoms with Crippen LogP contribution in [0.25, 0.3) is 0 Å². The van der Waals surface area contributed by atoms with Crippen LogP contribution in [0, 0.1) is 0 Å². The van der Waals surface area contributed by atoms with E-state index in [2.05, 4.69) is 0 Å². The number of ether oxygens (including phenoxy) is 1. The molecule has 0 saturated carbocycles. The Bertz CT molecular complexity index is 521. The van der Waals surface area contributed by atoms with Crippen LogP contribution in [-0.2, 0) is 9.53 Å². The monoisotopic (exact) mass is 291 g/mol. The summed E-state index contributed by atoms with van der Waals surface area (Å²) in [5, 5.41) is 9.35. The number of hydrogen-bond acceptors (Lipinski definition) is 3. The summed E-state index contributed by atoms with van der Waals surface area (Å²) < 4.78 is 5.31. The first-order valence-corrected chi connectivity index (χ1v) is 7.05. The number of aliphatic carboxylic acids is 1. The average Bonchev–Trinajstić information content (AvgIpc) is 2.83. The molecule has 1 N–H and O–H groups in total. The van der Waals surface area contributed by atoms with E-state index in [4.69, 9.17) is 4.74 Å². The zero-order valence-corrected chi connectivity index (χ0v) is 12.6. The highest BCUT2D eigenvalue weighted by Crippen LogP contribution is 2.32. The van der Waals surface area contributed by atoms with Gasteiger partial charge in [0.2, 0.25) is 0 Å². The van der Waals surface area contributed by atoms with Crippen LogP contribution in [0.5, 0.6) is 0 Å². The number of nitrogens with zero attached hydrogens (tertiary/aromatic N) is 1. The Balaban J connectivity index is 2.16. The van der Waals surface area contributed by atoms with Gasteiger partial charge in [-0.3, -0.25) is 4.90 Å². The molecule has 0 bridgehead atoms. The number of carboxylic acids is 1. The van der Waals surface area contributed by atoms with Gasteiger partial charge in [-0.1, -0.05) is 30.3 Å². The third kappa shape index (κ3) is 3.74. The normalized spacial score (nSPS) is 22.1. The second-order valence-corrected chi connectivity index (χ2v) is 6.33. The van der Waals surface area contributed by atoms with Gasteiger partial charge in [0.15, 0.2) is 0 Å². The highest BCUT2D eigenvalue weighted by molar-refractivity contribution is 5.81. The van der Waals surface area contributed by atoms with Crippen LogP contribution in [0.4, 0.5) is 4.79 Å². The fourth-order valence-corrected chi connectivity index (χ4v) is 2.56. The quantitative estimate of drug-likeness (QED) is 0.909. The van der Waals surface area contributed by atoms with Gasteiger partial charge < -0.3 is 9.84 Å². The fraction of sp³-hybridized carbons (Fsp3) is 0.500. The number of benzene rings is 1. The van der Waals surface area contributed by atoms with Crippen LogP contribution in [0.3, 0.4) is 0 Å². The predicted molar refractivity (Wildman–Crippen MR) is 78.2 cm³/mol. The maximum Gasteiger partial charge on any atom is 0.411 e. The van der Waals surface area contributed by atoms with E-state index in [1.54, 1.807) is 20.8 Å². The van der Waals surface area contributed by atoms with Gasteiger partial charge in [0, 0.05) is 12.5 Å². The molecule has 1 aliphatic rings. The van der Waals surface area contributed by atoms with Crippen LogP contribution in [0.1, 0.15) is 38.7 Å². The van der Waals surface area contributed by atoms with Gasteiger partial charge >= 0.3 is 12.1 Å². The SMILES string of the molecule is CC(C)(C)OC(=O)N1C[C@H](c2ccccc2)C[C@@H]1C(=O)O. The van der Waals surface area contributed by atoms with Crippen LogP contribution in [0.15, 0.2) is 30.3 Å². The third-order valence-corrected chi connectivity index (χ3v) is 3.49. The molecule has 1 amide bonds. The summed E-state index contributed by atoms with van der Waals surface area (Å²) >= 11 is 0. The standard InChI is InChI=1S/C16H21NO4/c1-16(2,3)21-15(20)17-10-12(9-13(17)14(18)19)11-7-5-4-6-8-11/h4-8,12-13H,9-10H2,1-3H3,(H,18,19)/t12-,13-/m1/s1. The first-order chi connectivity index (χ1) is 9.78. The van der Waals surface area contributed by atoms with Crippen LogP contribution in [-0.4, -0.2) is 40.3 Å². The van der Waals surface area contributed by atoms with Crippen molar-refractivity contribution in [1.82, 2.24) is 4.90 Å². The lowest BCUT2D eigenvalue weighted by Crippen LogP contribution is -2.43. The molecular weight excluding hydrogens is 270 g/mol. The Labute approximate surface area is 124 Å². The minimum absolute atomic E-state index is 0.0276. The zero-order chi connectivity index (χ0) is 15.6. The van der Waals surface area contributed by atoms with E-state index in [-0.39, 0.29) is 5.92 Å². The lowest BCUT2D eigenvalue weighted by Gasteiger charge is -2.26. The van der Waals surface area contributed by atoms with Crippen molar-refractivity contribution in [1.29, 1.82) is 0 Å². The number of carbonyl (C=O) groups excluding carboxylic acids is 1. The molecule has 1 saturated heterocycles. The highest BCUT2D eigenvalue weighted by atomic mass is 16.6. The number of amides is 1. The van der Waals surface area contributed by atoms with E-state index in [9.17, 15) is 14.7 Å². The van der Waals surface area contributed by atoms with Crippen molar-refractivity contribution in [3.63, 3.8) is 0 Å². The average molecular weight is 291 g/mol. The predicted octanol–water partition coefficient (Wildman–Crippen LogP) is 2.86. The van der Waals surface area contributed by atoms with Crippen molar-refractivity contribution >= 4 is 12.1 Å². The zero-order valence-electron chi connectivity index (χ0n) is 12.6. The lowest BCUT2D eigenvalue weighted by atomic mass is 9.96. The number of carbonyl (C=O) groups is 2. The molecule has 0 unspecified atom stereocenters. The van der Waals surface area contributed by atoms with Gasteiger partial charge in [-0.25, -0.2) is 9.59 Å². The summed E-state index contributed by atoms with van der Waals surface area (Å²) in [4.78, 5) is 24.9. The van der Waals surface area contributed by atoms with Gasteiger partial charge in [0.25, 0.3) is 0 Å². The summed E-state index contributed by atoms with van der Waals surface area (Å²) in [5.41, 5.74) is 0.417. The smallest absolute Gasteiger partial charge is 0.411 e. The summed E-state index contributed by atoms with van der Waals surface area (Å²) in [6.45, 7) is 5.68. The molecule has 2 atom stereocenters. The van der Waals surface area contributed by atoms with E-state index in [1.165, 1.54) is 4.90 Å². The number of hydrogen-bond donors (Lipinski definition) is 1. The van der Waals surface area contributed by atoms with Crippen molar-refractivity contribution < 1.29 is 19.4 Å². The molecule has 1 fully saturated rings. The summed E-state index contributed by atoms with van der Waals surface area (Å²) in [6, 6.07) is 8.84. The molecule has 0 spiro atoms. The number of rotatable bonds is 2. The molecule has 1 aliphatic heterocycles. The maximum atomic E-state index is 12.2. The van der Waals surface area contributed by atoms with Crippen LogP contribution >= 0.6 is 0 Å². The molecule has 0 aromatic heterocycles. The third-order valence-electron chi connectivity index (χ3n) is 3.49. The molecule has 0 radical (unpaired) electrons. The Kier molecular flexibility index (Phi) is 4.21. The summed E-state index contributed by atoms with van der Waals surface area (Å²) in [7, 11) is 0. The number of likely N-dealkylation sites (tertiary alicyclic amines) is 1. The molecule has 5 nitrogen and oxygen atoms in total. The summed E-state index contributed by atoms with van der Waals surface area (Å²) in [6.07, 6.45) is -0.146. The largest absolute Gasteiger partial charge is 0.480 e. The highest BCUT2D eigenvalue weighted by Gasteiger charge is 2.41. The molecular formula is C16H21NO4. The van der Waals surface area contributed by atoms with Gasteiger partial charge in [0.05, 0.1) is 0 Å². The van der Waals surface area contributed by atoms with E-state index >= 15 is 0 Å². The van der Waals surface area contributed by atoms with Crippen molar-refractivity contribution in [2.45, 2.75) is 44.8 Å². The van der Waals surface area contributed by atoms with Crippen LogP contribution in [0.2, 0.25) is 0 Å². The van der Waals surface area contributed by atoms with Crippen molar-refractivity contribution in [3.05, 3.63) is 35.9 Å². The number of carboxylic acid groups (broad SMARTS) is 1. The Morgan fingerprint density at radius 2 is 1.86 bits per heavy atom. The second kappa shape index (κ2) is 5.76. The molecule has 5 heteroatoms. The van der Waals surface area contributed by atoms with E-state index in [0.717, 1.165) is 5.56 Å². The first kappa shape index (κ1) is 15.4. The van der Waals surface area contributed by atoms with Gasteiger partial charge in [-0.15, -0.1) is 0 Å². The molecule has 1 heterocycles. The van der Waals surface area contributed by atoms with Crippen molar-refractivity contribution in [3.8, 4) is 0 Å². The fourth-order valence-electron chi connectivity index (χ4n) is 2.56. The molecule has 1 aromatic rings. The first-order valence-electron chi connectivity index (χ1n) is 7.05. The molecule has 114 valence electrons. The van der Waals surface area contributed by atoms with Gasteiger partial charge in [0.1, 0.15) is 11.6 Å². The molecule has 2 rings (SSSR count). The van der Waals surface area contributed by atoms with E-state index in [0.29, 0.717) is 13.0 Å². The Morgan fingerprint density at radius 1 is 1.24 bits per heavy atom. The maximum absolute atomic E-state index is 12.2. The second-order valence-electron chi connectivity index (χ2n) is 6.33. The van der Waals surface area contributed by atoms with E-state index in [1.807, 2.05) is 30.3 Å². The molecule has 0 aliphatic carbocycles. The molecule has 1 aromatic carbocycles.